The summed E-state index contributed by atoms with van der Waals surface area (Å²) >= 11 is 0. The van der Waals surface area contributed by atoms with E-state index in [-0.39, 0.29) is 18.5 Å². The van der Waals surface area contributed by atoms with Crippen LogP contribution in [-0.4, -0.2) is 37.1 Å². The van der Waals surface area contributed by atoms with Crippen LogP contribution in [0, 0.1) is 0 Å². The summed E-state index contributed by atoms with van der Waals surface area (Å²) in [6, 6.07) is 3.67. The molecule has 7 heteroatoms. The monoisotopic (exact) mass is 412 g/mol. The van der Waals surface area contributed by atoms with Crippen LogP contribution in [0.4, 0.5) is 5.69 Å². The molecule has 0 spiro atoms. The number of hydrogen-bond acceptors (Lipinski definition) is 6. The molecule has 0 bridgehead atoms. The zero-order valence-corrected chi connectivity index (χ0v) is 17.8. The maximum absolute atomic E-state index is 12.6. The molecule has 3 heterocycles. The van der Waals surface area contributed by atoms with Crippen molar-refractivity contribution in [1.29, 1.82) is 0 Å². The predicted octanol–water partition coefficient (Wildman–Crippen LogP) is 2.95. The highest BCUT2D eigenvalue weighted by molar-refractivity contribution is 5.98. The van der Waals surface area contributed by atoms with Crippen LogP contribution >= 0.6 is 0 Å². The Morgan fingerprint density at radius 1 is 1.17 bits per heavy atom. The molecule has 4 rings (SSSR count). The number of hydrogen-bond donors (Lipinski definition) is 1. The fraction of sp³-hybridized carbons (Fsp3) is 0.522. The Morgan fingerprint density at radius 2 is 1.90 bits per heavy atom. The van der Waals surface area contributed by atoms with Gasteiger partial charge in [-0.3, -0.25) is 9.59 Å². The molecule has 2 aromatic rings. The van der Waals surface area contributed by atoms with Crippen molar-refractivity contribution in [3.05, 3.63) is 39.2 Å². The Labute approximate surface area is 175 Å². The number of benzene rings is 1. The van der Waals surface area contributed by atoms with Crippen LogP contribution in [0.3, 0.4) is 0 Å². The molecule has 1 N–H and O–H groups in total. The minimum atomic E-state index is -0.651. The quantitative estimate of drug-likeness (QED) is 0.614. The van der Waals surface area contributed by atoms with Gasteiger partial charge in [0.25, 0.3) is 5.91 Å². The zero-order valence-electron chi connectivity index (χ0n) is 17.8. The molecule has 0 fully saturated rings. The van der Waals surface area contributed by atoms with Gasteiger partial charge in [0.2, 0.25) is 0 Å². The van der Waals surface area contributed by atoms with Gasteiger partial charge < -0.3 is 19.4 Å². The lowest BCUT2D eigenvalue weighted by Gasteiger charge is -2.37. The van der Waals surface area contributed by atoms with Gasteiger partial charge >= 0.3 is 11.6 Å². The largest absolute Gasteiger partial charge is 0.460 e. The Balaban J connectivity index is 1.56. The summed E-state index contributed by atoms with van der Waals surface area (Å²) in [4.78, 5) is 39.3. The normalized spacial score (nSPS) is 15.6. The second kappa shape index (κ2) is 7.78. The number of carbonyl (C=O) groups excluding carboxylic acids is 2. The van der Waals surface area contributed by atoms with Crippen LogP contribution in [0.25, 0.3) is 11.0 Å². The molecule has 7 nitrogen and oxygen atoms in total. The number of amides is 1. The van der Waals surface area contributed by atoms with Crippen molar-refractivity contribution < 1.29 is 18.7 Å². The summed E-state index contributed by atoms with van der Waals surface area (Å²) in [6.45, 7) is 7.52. The molecule has 0 saturated carbocycles. The summed E-state index contributed by atoms with van der Waals surface area (Å²) in [6.07, 6.45) is 4.04. The highest BCUT2D eigenvalue weighted by Gasteiger charge is 2.27. The lowest BCUT2D eigenvalue weighted by molar-refractivity contribution is -0.154. The number of esters is 1. The van der Waals surface area contributed by atoms with Crippen molar-refractivity contribution in [2.75, 3.05) is 24.5 Å². The first kappa shape index (κ1) is 20.4. The van der Waals surface area contributed by atoms with Crippen LogP contribution < -0.4 is 15.8 Å². The van der Waals surface area contributed by atoms with E-state index in [1.54, 1.807) is 26.8 Å². The number of carbonyl (C=O) groups is 2. The maximum Gasteiger partial charge on any atom is 0.349 e. The van der Waals surface area contributed by atoms with Gasteiger partial charge in [-0.15, -0.1) is 0 Å². The third-order valence-electron chi connectivity index (χ3n) is 5.50. The van der Waals surface area contributed by atoms with Gasteiger partial charge in [-0.1, -0.05) is 0 Å². The minimum Gasteiger partial charge on any atom is -0.460 e. The van der Waals surface area contributed by atoms with Crippen molar-refractivity contribution >= 4 is 28.5 Å². The third-order valence-corrected chi connectivity index (χ3v) is 5.50. The van der Waals surface area contributed by atoms with E-state index in [2.05, 4.69) is 10.2 Å². The van der Waals surface area contributed by atoms with Crippen molar-refractivity contribution in [3.63, 3.8) is 0 Å². The van der Waals surface area contributed by atoms with Gasteiger partial charge in [0.05, 0.1) is 6.42 Å². The Bertz CT molecular complexity index is 1060. The molecule has 0 atom stereocenters. The number of rotatable bonds is 4. The van der Waals surface area contributed by atoms with Crippen molar-refractivity contribution in [2.45, 2.75) is 58.5 Å². The number of nitrogens with one attached hydrogen (secondary N) is 1. The molecule has 160 valence electrons. The van der Waals surface area contributed by atoms with E-state index in [4.69, 9.17) is 9.15 Å². The number of aryl methyl sites for hydroxylation is 2. The lowest BCUT2D eigenvalue weighted by atomic mass is 9.90. The first-order valence-electron chi connectivity index (χ1n) is 10.6. The summed E-state index contributed by atoms with van der Waals surface area (Å²) in [5.41, 5.74) is 2.89. The van der Waals surface area contributed by atoms with Crippen LogP contribution in [0.2, 0.25) is 0 Å². The SMILES string of the molecule is CC(C)(C)OC(=O)CCNC(=O)c1cc2cc3c4c(c2oc1=O)CCCN4CCC3. The maximum atomic E-state index is 12.6. The van der Waals surface area contributed by atoms with E-state index in [9.17, 15) is 14.4 Å². The molecular weight excluding hydrogens is 384 g/mol. The summed E-state index contributed by atoms with van der Waals surface area (Å²) in [7, 11) is 0. The molecule has 0 radical (unpaired) electrons. The second-order valence-corrected chi connectivity index (χ2v) is 9.02. The third kappa shape index (κ3) is 4.06. The van der Waals surface area contributed by atoms with Crippen LogP contribution in [0.5, 0.6) is 0 Å². The van der Waals surface area contributed by atoms with Gasteiger partial charge in [-0.05, 0) is 64.2 Å². The first-order valence-corrected chi connectivity index (χ1v) is 10.6. The summed E-state index contributed by atoms with van der Waals surface area (Å²) in [5, 5.41) is 3.40. The van der Waals surface area contributed by atoms with E-state index in [1.165, 1.54) is 11.3 Å². The summed E-state index contributed by atoms with van der Waals surface area (Å²) in [5.74, 6) is -0.939. The van der Waals surface area contributed by atoms with E-state index in [0.717, 1.165) is 49.7 Å². The molecule has 1 aromatic carbocycles. The van der Waals surface area contributed by atoms with Gasteiger partial charge in [0.1, 0.15) is 16.7 Å². The predicted molar refractivity (Wildman–Crippen MR) is 114 cm³/mol. The molecule has 30 heavy (non-hydrogen) atoms. The van der Waals surface area contributed by atoms with Gasteiger partial charge in [0, 0.05) is 36.3 Å². The molecule has 0 aliphatic carbocycles. The smallest absolute Gasteiger partial charge is 0.349 e. The standard InChI is InChI=1S/C23H28N2O5/c1-23(2,3)30-18(26)8-9-24-21(27)17-13-15-12-14-6-4-10-25-11-5-7-16(19(14)25)20(15)29-22(17)28/h12-13H,4-11H2,1-3H3,(H,24,27). The molecule has 0 unspecified atom stereocenters. The number of fused-ring (bicyclic) bond motifs is 2. The van der Waals surface area contributed by atoms with E-state index >= 15 is 0 Å². The Hall–Kier alpha value is -2.83. The zero-order chi connectivity index (χ0) is 21.5. The van der Waals surface area contributed by atoms with E-state index in [1.807, 2.05) is 6.07 Å². The fourth-order valence-corrected chi connectivity index (χ4v) is 4.37. The lowest BCUT2D eigenvalue weighted by Crippen LogP contribution is -2.35. The van der Waals surface area contributed by atoms with Gasteiger partial charge in [-0.2, -0.15) is 0 Å². The van der Waals surface area contributed by atoms with Gasteiger partial charge in [-0.25, -0.2) is 4.79 Å². The highest BCUT2D eigenvalue weighted by Crippen LogP contribution is 2.39. The minimum absolute atomic E-state index is 0.0371. The Kier molecular flexibility index (Phi) is 5.30. The second-order valence-electron chi connectivity index (χ2n) is 9.02. The molecule has 1 aromatic heterocycles. The number of nitrogens with zero attached hydrogens (tertiary/aromatic N) is 1. The van der Waals surface area contributed by atoms with Crippen molar-refractivity contribution in [3.8, 4) is 0 Å². The molecule has 0 saturated heterocycles. The topological polar surface area (TPSA) is 88.8 Å². The number of ether oxygens (including phenoxy) is 1. The van der Waals surface area contributed by atoms with Crippen molar-refractivity contribution in [1.82, 2.24) is 5.32 Å². The summed E-state index contributed by atoms with van der Waals surface area (Å²) < 4.78 is 10.9. The molecule has 2 aliphatic heterocycles. The number of anilines is 1. The van der Waals surface area contributed by atoms with Crippen LogP contribution in [0.15, 0.2) is 21.3 Å². The first-order chi connectivity index (χ1) is 14.2. The van der Waals surface area contributed by atoms with Gasteiger partial charge in [0.15, 0.2) is 0 Å². The van der Waals surface area contributed by atoms with Crippen LogP contribution in [0.1, 0.15) is 61.5 Å². The Morgan fingerprint density at radius 3 is 2.63 bits per heavy atom. The molecule has 2 aliphatic rings. The fourth-order valence-electron chi connectivity index (χ4n) is 4.37. The van der Waals surface area contributed by atoms with E-state index in [0.29, 0.717) is 5.58 Å². The molecule has 1 amide bonds. The molecular formula is C23H28N2O5. The average Bonchev–Trinajstić information content (AvgIpc) is 2.67. The average molecular weight is 412 g/mol. The van der Waals surface area contributed by atoms with E-state index < -0.39 is 23.1 Å². The van der Waals surface area contributed by atoms with Crippen molar-refractivity contribution in [2.24, 2.45) is 0 Å². The highest BCUT2D eigenvalue weighted by atomic mass is 16.6. The van der Waals surface area contributed by atoms with Crippen LogP contribution in [-0.2, 0) is 22.4 Å².